The number of fused-ring (bicyclic) bond motifs is 4. The Morgan fingerprint density at radius 3 is 1.37 bits per heavy atom. The number of anilines is 2. The Labute approximate surface area is 406 Å². The molecule has 4 aliphatic rings. The van der Waals surface area contributed by atoms with Crippen LogP contribution < -0.4 is 9.80 Å². The maximum Gasteiger partial charge on any atom is 0.451 e. The van der Waals surface area contributed by atoms with Crippen molar-refractivity contribution in [1.29, 1.82) is 10.5 Å². The topological polar surface area (TPSA) is 182 Å². The van der Waals surface area contributed by atoms with Gasteiger partial charge in [0.05, 0.1) is 46.6 Å². The van der Waals surface area contributed by atoms with Crippen LogP contribution in [0.3, 0.4) is 0 Å². The molecule has 2 fully saturated rings. The molecule has 70 heavy (non-hydrogen) atoms. The highest BCUT2D eigenvalue weighted by atomic mass is 35.5. The number of nitriles is 2. The third-order valence-electron chi connectivity index (χ3n) is 13.6. The molecule has 24 heteroatoms. The highest BCUT2D eigenvalue weighted by molar-refractivity contribution is 6.32. The minimum atomic E-state index is -4.58. The molecule has 2 unspecified atom stereocenters. The number of piperidine rings is 2. The smallest absolute Gasteiger partial charge is 0.370 e. The van der Waals surface area contributed by atoms with Crippen molar-refractivity contribution in [2.75, 3.05) is 49.1 Å². The Kier molecular flexibility index (Phi) is 13.0. The lowest BCUT2D eigenvalue weighted by atomic mass is 9.85. The average molecular weight is 1010 g/mol. The number of carbonyl (C=O) groups excluding carboxylic acids is 2. The van der Waals surface area contributed by atoms with Crippen LogP contribution in [0.15, 0.2) is 48.8 Å². The number of aromatic nitrogens is 8. The number of carbonyl (C=O) groups is 2. The van der Waals surface area contributed by atoms with Gasteiger partial charge in [0.2, 0.25) is 23.5 Å². The fourth-order valence-corrected chi connectivity index (χ4v) is 10.5. The Morgan fingerprint density at radius 2 is 1.01 bits per heavy atom. The second kappa shape index (κ2) is 18.9. The minimum absolute atomic E-state index is 0.000912. The van der Waals surface area contributed by atoms with E-state index in [1.165, 1.54) is 0 Å². The summed E-state index contributed by atoms with van der Waals surface area (Å²) in [6.45, 7) is 6.48. The fourth-order valence-electron chi connectivity index (χ4n) is 10.2. The van der Waals surface area contributed by atoms with Crippen LogP contribution in [0.4, 0.5) is 37.7 Å². The van der Waals surface area contributed by atoms with E-state index in [1.807, 2.05) is 13.8 Å². The predicted octanol–water partition coefficient (Wildman–Crippen LogP) is 7.75. The summed E-state index contributed by atoms with van der Waals surface area (Å²) < 4.78 is 80.8. The summed E-state index contributed by atoms with van der Waals surface area (Å²) in [5.41, 5.74) is 3.84. The van der Waals surface area contributed by atoms with Crippen molar-refractivity contribution in [3.05, 3.63) is 93.3 Å². The molecule has 2 amide bonds. The zero-order chi connectivity index (χ0) is 49.8. The van der Waals surface area contributed by atoms with Gasteiger partial charge in [-0.1, -0.05) is 37.0 Å². The summed E-state index contributed by atoms with van der Waals surface area (Å²) in [4.78, 5) is 42.7. The Hall–Kier alpha value is -6.78. The first-order chi connectivity index (χ1) is 33.3. The lowest BCUT2D eigenvalue weighted by Crippen LogP contribution is -2.49. The molecule has 0 N–H and O–H groups in total. The van der Waals surface area contributed by atoms with Gasteiger partial charge in [-0.2, -0.15) is 36.9 Å². The summed E-state index contributed by atoms with van der Waals surface area (Å²) in [6, 6.07) is 15.1. The van der Waals surface area contributed by atoms with Gasteiger partial charge in [-0.15, -0.1) is 20.4 Å². The summed E-state index contributed by atoms with van der Waals surface area (Å²) >= 11 is 12.4. The van der Waals surface area contributed by atoms with E-state index in [-0.39, 0.29) is 86.4 Å². The monoisotopic (exact) mass is 1010 g/mol. The minimum Gasteiger partial charge on any atom is -0.370 e. The quantitative estimate of drug-likeness (QED) is 0.157. The van der Waals surface area contributed by atoms with Crippen molar-refractivity contribution in [3.63, 3.8) is 0 Å². The first-order valence-electron chi connectivity index (χ1n) is 22.4. The molecule has 2 saturated heterocycles. The van der Waals surface area contributed by atoms with E-state index in [1.54, 1.807) is 58.6 Å². The first-order valence-corrected chi connectivity index (χ1v) is 23.1. The van der Waals surface area contributed by atoms with Crippen LogP contribution >= 0.6 is 23.2 Å². The summed E-state index contributed by atoms with van der Waals surface area (Å²) in [5, 5.41) is 35.9. The summed E-state index contributed by atoms with van der Waals surface area (Å²) in [7, 11) is 0. The van der Waals surface area contributed by atoms with E-state index in [4.69, 9.17) is 23.2 Å². The molecule has 0 aliphatic carbocycles. The Bertz CT molecular complexity index is 2900. The normalized spacial score (nSPS) is 20.6. The number of amides is 2. The molecule has 2 aromatic carbocycles. The lowest BCUT2D eigenvalue weighted by Gasteiger charge is -2.40. The number of hydrogen-bond acceptors (Lipinski definition) is 12. The molecule has 4 atom stereocenters. The van der Waals surface area contributed by atoms with Crippen LogP contribution in [0.2, 0.25) is 10.0 Å². The number of nitrogens with zero attached hydrogens (tertiary/aromatic N) is 14. The van der Waals surface area contributed by atoms with Crippen LogP contribution in [0.1, 0.15) is 61.1 Å². The average Bonchev–Trinajstić information content (AvgIpc) is 3.98. The number of alkyl halides is 6. The SMILES string of the molecule is CC1CN(c2c(C#N)cnc3ccc(Cl)cc23)CCC1C(=O)N1CCn2c(nnc2C(F)(F)F)C1.C[C@@H]1CN(c2c(C#N)cnc3ccc(Cl)cc23)CC[C@@H]1C(=O)N1CCn2c(nnc2C(F)(F)F)C1. The molecule has 0 bridgehead atoms. The zero-order valence-electron chi connectivity index (χ0n) is 37.5. The third kappa shape index (κ3) is 9.21. The van der Waals surface area contributed by atoms with Crippen molar-refractivity contribution in [2.24, 2.45) is 23.7 Å². The van der Waals surface area contributed by atoms with E-state index in [0.717, 1.165) is 42.3 Å². The molecule has 10 rings (SSSR count). The van der Waals surface area contributed by atoms with Crippen molar-refractivity contribution < 1.29 is 35.9 Å². The van der Waals surface area contributed by atoms with E-state index < -0.39 is 24.0 Å². The standard InChI is InChI=1S/2C23H21ClF3N7O/c2*1-13-11-32(20-14(9-28)10-29-18-3-2-15(24)8-17(18)20)5-4-16(13)21(35)33-6-7-34-19(12-33)30-31-22(34)23(25,26)27/h2*2-3,8,10,13,16H,4-7,11-12H2,1H3/t13-,16+;/m1./s1. The predicted molar refractivity (Wildman–Crippen MR) is 243 cm³/mol. The molecule has 364 valence electrons. The van der Waals surface area contributed by atoms with Crippen molar-refractivity contribution in [1.82, 2.24) is 49.3 Å². The number of hydrogen-bond donors (Lipinski definition) is 0. The first kappa shape index (κ1) is 48.3. The number of pyridine rings is 2. The highest BCUT2D eigenvalue weighted by Crippen LogP contribution is 2.39. The maximum atomic E-state index is 13.3. The van der Waals surface area contributed by atoms with Crippen molar-refractivity contribution in [2.45, 2.75) is 65.2 Å². The Morgan fingerprint density at radius 1 is 0.614 bits per heavy atom. The number of halogens is 8. The molecular weight excluding hydrogens is 965 g/mol. The van der Waals surface area contributed by atoms with E-state index >= 15 is 0 Å². The van der Waals surface area contributed by atoms with E-state index in [0.29, 0.717) is 60.2 Å². The molecule has 4 aliphatic heterocycles. The van der Waals surface area contributed by atoms with E-state index in [9.17, 15) is 46.5 Å². The Balaban J connectivity index is 0.000000174. The van der Waals surface area contributed by atoms with Gasteiger partial charge >= 0.3 is 12.4 Å². The van der Waals surface area contributed by atoms with Crippen LogP contribution in [-0.4, -0.2) is 100 Å². The van der Waals surface area contributed by atoms with Gasteiger partial charge in [0.25, 0.3) is 0 Å². The lowest BCUT2D eigenvalue weighted by molar-refractivity contribution is -0.149. The second-order valence-electron chi connectivity index (χ2n) is 17.9. The van der Waals surface area contributed by atoms with Gasteiger partial charge in [-0.05, 0) is 61.1 Å². The van der Waals surface area contributed by atoms with Crippen LogP contribution in [-0.2, 0) is 48.1 Å². The van der Waals surface area contributed by atoms with Gasteiger partial charge < -0.3 is 28.7 Å². The van der Waals surface area contributed by atoms with Gasteiger partial charge in [-0.25, -0.2) is 0 Å². The van der Waals surface area contributed by atoms with Gasteiger partial charge in [0.1, 0.15) is 12.1 Å². The van der Waals surface area contributed by atoms with Crippen LogP contribution in [0.25, 0.3) is 21.8 Å². The van der Waals surface area contributed by atoms with Crippen molar-refractivity contribution in [3.8, 4) is 12.1 Å². The largest absolute Gasteiger partial charge is 0.451 e. The molecule has 16 nitrogen and oxygen atoms in total. The van der Waals surface area contributed by atoms with Gasteiger partial charge in [0, 0.05) is 97.4 Å². The van der Waals surface area contributed by atoms with E-state index in [2.05, 4.69) is 52.3 Å². The summed E-state index contributed by atoms with van der Waals surface area (Å²) in [6.07, 6.45) is -4.97. The second-order valence-corrected chi connectivity index (χ2v) is 18.8. The van der Waals surface area contributed by atoms with Crippen molar-refractivity contribution >= 4 is 68.2 Å². The van der Waals surface area contributed by atoms with Gasteiger partial charge in [0.15, 0.2) is 11.6 Å². The third-order valence-corrected chi connectivity index (χ3v) is 14.0. The molecule has 0 radical (unpaired) electrons. The van der Waals surface area contributed by atoms with Crippen LogP contribution in [0, 0.1) is 46.3 Å². The fraction of sp³-hybridized carbons (Fsp3) is 0.435. The molecule has 4 aromatic heterocycles. The zero-order valence-corrected chi connectivity index (χ0v) is 39.0. The molecule has 8 heterocycles. The number of rotatable bonds is 4. The molecule has 0 saturated carbocycles. The molecule has 6 aromatic rings. The van der Waals surface area contributed by atoms with Gasteiger partial charge in [-0.3, -0.25) is 19.6 Å². The maximum absolute atomic E-state index is 13.3. The number of benzene rings is 2. The summed E-state index contributed by atoms with van der Waals surface area (Å²) in [5.74, 6) is -2.63. The van der Waals surface area contributed by atoms with Crippen LogP contribution in [0.5, 0.6) is 0 Å². The molecule has 0 spiro atoms. The highest BCUT2D eigenvalue weighted by Gasteiger charge is 2.43. The molecular formula is C46H42Cl2F6N14O2.